The highest BCUT2D eigenvalue weighted by Crippen LogP contribution is 2.35. The number of nitrogens with zero attached hydrogens (tertiary/aromatic N) is 2. The summed E-state index contributed by atoms with van der Waals surface area (Å²) in [5.41, 5.74) is 2.40. The van der Waals surface area contributed by atoms with E-state index in [1.54, 1.807) is 17.8 Å². The molecule has 190 valence electrons. The van der Waals surface area contributed by atoms with Crippen molar-refractivity contribution in [2.24, 2.45) is 0 Å². The zero-order valence-electron chi connectivity index (χ0n) is 21.0. The van der Waals surface area contributed by atoms with Crippen LogP contribution >= 0.6 is 23.4 Å². The molecule has 3 aromatic rings. The molecule has 2 aromatic carbocycles. The van der Waals surface area contributed by atoms with Crippen LogP contribution in [0.1, 0.15) is 45.5 Å². The first-order valence-corrected chi connectivity index (χ1v) is 13.6. The molecule has 1 N–H and O–H groups in total. The summed E-state index contributed by atoms with van der Waals surface area (Å²) in [6.45, 7) is 8.55. The lowest BCUT2D eigenvalue weighted by molar-refractivity contribution is -0.115. The number of nitrogens with one attached hydrogen (secondary N) is 1. The number of hydrogen-bond donors (Lipinski definition) is 1. The van der Waals surface area contributed by atoms with E-state index in [0.29, 0.717) is 30.9 Å². The Labute approximate surface area is 220 Å². The number of halogens is 2. The normalized spacial score (nSPS) is 16.0. The van der Waals surface area contributed by atoms with E-state index in [9.17, 15) is 9.18 Å². The highest BCUT2D eigenvalue weighted by Gasteiger charge is 2.32. The predicted molar refractivity (Wildman–Crippen MR) is 146 cm³/mol. The quantitative estimate of drug-likeness (QED) is 0.233. The van der Waals surface area contributed by atoms with Crippen LogP contribution in [0.15, 0.2) is 71.1 Å². The van der Waals surface area contributed by atoms with Crippen LogP contribution in [0.4, 0.5) is 10.1 Å². The SMILES string of the molecule is CCSc1ccc(CC(=O)Nc2ccc3c(c2)nc(C(C)(C)OC2=CCC(Cl)C=C2F)n3CC)cc1. The maximum absolute atomic E-state index is 14.4. The van der Waals surface area contributed by atoms with Gasteiger partial charge in [0.25, 0.3) is 0 Å². The standard InChI is InChI=1S/C28H31ClFN3O2S/c1-5-33-24-13-10-20(31-26(34)15-18-7-11-21(12-8-18)36-6-2)17-23(24)32-27(33)28(3,4)35-25-14-9-19(29)16-22(25)30/h7-8,10-14,16-17,19H,5-6,9,15H2,1-4H3,(H,31,34). The van der Waals surface area contributed by atoms with Crippen molar-refractivity contribution in [3.63, 3.8) is 0 Å². The zero-order valence-corrected chi connectivity index (χ0v) is 22.5. The van der Waals surface area contributed by atoms with Crippen LogP contribution in [-0.4, -0.2) is 26.6 Å². The lowest BCUT2D eigenvalue weighted by Crippen LogP contribution is -2.27. The third-order valence-corrected chi connectivity index (χ3v) is 7.14. The van der Waals surface area contributed by atoms with Crippen LogP contribution in [-0.2, 0) is 28.1 Å². The molecule has 1 aliphatic carbocycles. The number of amides is 1. The van der Waals surface area contributed by atoms with Crippen LogP contribution in [0.2, 0.25) is 0 Å². The van der Waals surface area contributed by atoms with E-state index in [1.807, 2.05) is 67.8 Å². The number of rotatable bonds is 9. The second kappa shape index (κ2) is 11.1. The highest BCUT2D eigenvalue weighted by molar-refractivity contribution is 7.99. The second-order valence-corrected chi connectivity index (χ2v) is 11.0. The van der Waals surface area contributed by atoms with Gasteiger partial charge in [0, 0.05) is 17.1 Å². The maximum Gasteiger partial charge on any atom is 0.228 e. The Morgan fingerprint density at radius 1 is 1.25 bits per heavy atom. The number of alkyl halides is 1. The molecular formula is C28H31ClFN3O2S. The van der Waals surface area contributed by atoms with Gasteiger partial charge in [-0.15, -0.1) is 23.4 Å². The van der Waals surface area contributed by atoms with Gasteiger partial charge in [-0.25, -0.2) is 9.37 Å². The minimum atomic E-state index is -0.892. The van der Waals surface area contributed by atoms with E-state index in [4.69, 9.17) is 21.3 Å². The summed E-state index contributed by atoms with van der Waals surface area (Å²) >= 11 is 7.79. The highest BCUT2D eigenvalue weighted by atomic mass is 35.5. The monoisotopic (exact) mass is 527 g/mol. The molecule has 1 amide bonds. The van der Waals surface area contributed by atoms with Crippen molar-refractivity contribution < 1.29 is 13.9 Å². The number of thioether (sulfide) groups is 1. The predicted octanol–water partition coefficient (Wildman–Crippen LogP) is 7.35. The van der Waals surface area contributed by atoms with Gasteiger partial charge in [-0.05, 0) is 81.0 Å². The molecule has 1 aliphatic rings. The Balaban J connectivity index is 1.52. The van der Waals surface area contributed by atoms with E-state index < -0.39 is 11.4 Å². The largest absolute Gasteiger partial charge is 0.477 e. The van der Waals surface area contributed by atoms with Gasteiger partial charge < -0.3 is 14.6 Å². The van der Waals surface area contributed by atoms with Crippen LogP contribution in [0.25, 0.3) is 11.0 Å². The minimum absolute atomic E-state index is 0.0897. The molecule has 1 unspecified atom stereocenters. The number of imidazole rings is 1. The molecule has 0 aliphatic heterocycles. The summed E-state index contributed by atoms with van der Waals surface area (Å²) in [6.07, 6.45) is 3.85. The third kappa shape index (κ3) is 5.95. The molecule has 8 heteroatoms. The van der Waals surface area contributed by atoms with E-state index in [1.165, 1.54) is 11.0 Å². The lowest BCUT2D eigenvalue weighted by atomic mass is 10.1. The van der Waals surface area contributed by atoms with Gasteiger partial charge in [-0.2, -0.15) is 0 Å². The Kier molecular flexibility index (Phi) is 8.10. The Morgan fingerprint density at radius 3 is 2.67 bits per heavy atom. The van der Waals surface area contributed by atoms with Crippen molar-refractivity contribution in [1.29, 1.82) is 0 Å². The van der Waals surface area contributed by atoms with Crippen molar-refractivity contribution in [3.8, 4) is 0 Å². The minimum Gasteiger partial charge on any atom is -0.477 e. The zero-order chi connectivity index (χ0) is 25.9. The summed E-state index contributed by atoms with van der Waals surface area (Å²) in [4.78, 5) is 18.7. The number of aryl methyl sites for hydroxylation is 1. The topological polar surface area (TPSA) is 56.1 Å². The number of benzene rings is 2. The van der Waals surface area contributed by atoms with Crippen molar-refractivity contribution in [2.75, 3.05) is 11.1 Å². The number of anilines is 1. The number of carbonyl (C=O) groups excluding carboxylic acids is 1. The molecule has 1 aromatic heterocycles. The fourth-order valence-corrected chi connectivity index (χ4v) is 5.15. The Morgan fingerprint density at radius 2 is 2.00 bits per heavy atom. The first-order valence-electron chi connectivity index (χ1n) is 12.1. The molecule has 0 spiro atoms. The summed E-state index contributed by atoms with van der Waals surface area (Å²) in [7, 11) is 0. The number of aromatic nitrogens is 2. The van der Waals surface area contributed by atoms with E-state index in [2.05, 4.69) is 12.2 Å². The summed E-state index contributed by atoms with van der Waals surface area (Å²) in [6, 6.07) is 13.7. The fraction of sp³-hybridized carbons (Fsp3) is 0.357. The molecule has 36 heavy (non-hydrogen) atoms. The van der Waals surface area contributed by atoms with Gasteiger partial charge in [-0.1, -0.05) is 19.1 Å². The summed E-state index contributed by atoms with van der Waals surface area (Å²) in [5, 5.41) is 2.61. The maximum atomic E-state index is 14.4. The van der Waals surface area contributed by atoms with E-state index in [-0.39, 0.29) is 17.0 Å². The average Bonchev–Trinajstić information content (AvgIpc) is 3.21. The number of ether oxygens (including phenoxy) is 1. The van der Waals surface area contributed by atoms with Crippen LogP contribution in [0.3, 0.4) is 0 Å². The lowest BCUT2D eigenvalue weighted by Gasteiger charge is -2.28. The number of carbonyl (C=O) groups is 1. The second-order valence-electron chi connectivity index (χ2n) is 9.13. The molecular weight excluding hydrogens is 497 g/mol. The van der Waals surface area contributed by atoms with Crippen LogP contribution in [0.5, 0.6) is 0 Å². The van der Waals surface area contributed by atoms with Gasteiger partial charge in [0.05, 0.1) is 22.8 Å². The fourth-order valence-electron chi connectivity index (χ4n) is 4.29. The van der Waals surface area contributed by atoms with Crippen molar-refractivity contribution >= 4 is 46.0 Å². The average molecular weight is 528 g/mol. The van der Waals surface area contributed by atoms with Crippen molar-refractivity contribution in [1.82, 2.24) is 9.55 Å². The molecule has 0 fully saturated rings. The van der Waals surface area contributed by atoms with Crippen molar-refractivity contribution in [3.05, 3.63) is 77.6 Å². The molecule has 4 rings (SSSR count). The molecule has 0 saturated heterocycles. The first-order chi connectivity index (χ1) is 17.2. The molecule has 0 bridgehead atoms. The Hall–Kier alpha value is -2.77. The van der Waals surface area contributed by atoms with Crippen LogP contribution in [0, 0.1) is 0 Å². The first kappa shape index (κ1) is 26.3. The third-order valence-electron chi connectivity index (χ3n) is 5.94. The molecule has 0 saturated carbocycles. The number of fused-ring (bicyclic) bond motifs is 1. The van der Waals surface area contributed by atoms with Crippen LogP contribution < -0.4 is 5.32 Å². The van der Waals surface area contributed by atoms with E-state index in [0.717, 1.165) is 22.3 Å². The van der Waals surface area contributed by atoms with Gasteiger partial charge in [-0.3, -0.25) is 4.79 Å². The van der Waals surface area contributed by atoms with Gasteiger partial charge in [0.2, 0.25) is 5.91 Å². The molecule has 0 radical (unpaired) electrons. The number of hydrogen-bond acceptors (Lipinski definition) is 4. The molecule has 1 atom stereocenters. The van der Waals surface area contributed by atoms with Gasteiger partial charge >= 0.3 is 0 Å². The smallest absolute Gasteiger partial charge is 0.228 e. The van der Waals surface area contributed by atoms with Gasteiger partial charge in [0.1, 0.15) is 0 Å². The number of allylic oxidation sites excluding steroid dienone is 3. The van der Waals surface area contributed by atoms with Gasteiger partial charge in [0.15, 0.2) is 23.0 Å². The van der Waals surface area contributed by atoms with Crippen molar-refractivity contribution in [2.45, 2.75) is 63.0 Å². The Bertz CT molecular complexity index is 1310. The summed E-state index contributed by atoms with van der Waals surface area (Å²) < 4.78 is 22.6. The molecule has 5 nitrogen and oxygen atoms in total. The molecule has 1 heterocycles. The van der Waals surface area contributed by atoms with E-state index >= 15 is 0 Å². The summed E-state index contributed by atoms with van der Waals surface area (Å²) in [5.74, 6) is 1.32.